The topological polar surface area (TPSA) is 29.5 Å². The van der Waals surface area contributed by atoms with E-state index in [0.717, 1.165) is 19.3 Å². The number of likely N-dealkylation sites (tertiary alicyclic amines) is 1. The first-order valence-corrected chi connectivity index (χ1v) is 16.6. The molecule has 2 unspecified atom stereocenters. The smallest absolute Gasteiger partial charge is 0.410 e. The molecule has 200 valence electrons. The van der Waals surface area contributed by atoms with E-state index in [2.05, 4.69) is 140 Å². The van der Waals surface area contributed by atoms with E-state index >= 15 is 0 Å². The molecule has 1 aliphatic heterocycles. The second-order valence-corrected chi connectivity index (χ2v) is 15.4. The molecule has 4 aromatic carbocycles. The number of ether oxygens (including phenoxy) is 1. The molecule has 5 rings (SSSR count). The van der Waals surface area contributed by atoms with Crippen LogP contribution in [0.25, 0.3) is 0 Å². The second kappa shape index (κ2) is 12.9. The Morgan fingerprint density at radius 3 is 1.64 bits per heavy atom. The summed E-state index contributed by atoms with van der Waals surface area (Å²) in [5.41, 5.74) is 0.311. The van der Waals surface area contributed by atoms with E-state index in [1.54, 1.807) is 0 Å². The Hall–Kier alpha value is -2.99. The zero-order valence-corrected chi connectivity index (χ0v) is 24.6. The Morgan fingerprint density at radius 1 is 0.769 bits per heavy atom. The number of rotatable bonds is 9. The van der Waals surface area contributed by atoms with Gasteiger partial charge in [-0.2, -0.15) is 0 Å². The summed E-state index contributed by atoms with van der Waals surface area (Å²) >= 11 is 0. The third kappa shape index (κ3) is 6.11. The monoisotopic (exact) mass is 553 g/mol. The predicted octanol–water partition coefficient (Wildman–Crippen LogP) is 6.98. The van der Waals surface area contributed by atoms with Gasteiger partial charge in [0.1, 0.15) is 0 Å². The van der Waals surface area contributed by atoms with Gasteiger partial charge in [-0.15, -0.1) is 0 Å². The van der Waals surface area contributed by atoms with Crippen LogP contribution in [-0.4, -0.2) is 35.1 Å². The van der Waals surface area contributed by atoms with Crippen molar-refractivity contribution in [1.82, 2.24) is 4.90 Å². The van der Waals surface area contributed by atoms with Gasteiger partial charge in [0.05, 0.1) is 11.9 Å². The lowest BCUT2D eigenvalue weighted by atomic mass is 10.2. The molecule has 5 heteroatoms. The highest BCUT2D eigenvalue weighted by atomic mass is 31.1. The summed E-state index contributed by atoms with van der Waals surface area (Å²) in [5, 5.41) is 4.90. The Bertz CT molecular complexity index is 1240. The molecule has 0 N–H and O–H groups in total. The molecule has 4 aromatic rings. The first kappa shape index (κ1) is 27.6. The summed E-state index contributed by atoms with van der Waals surface area (Å²) in [6.45, 7) is 5.59. The minimum absolute atomic E-state index is 0.177. The molecular weight excluding hydrogens is 516 g/mol. The van der Waals surface area contributed by atoms with Crippen LogP contribution in [0.1, 0.15) is 33.1 Å². The molecule has 0 radical (unpaired) electrons. The molecule has 0 saturated carbocycles. The number of hydrogen-bond acceptors (Lipinski definition) is 2. The third-order valence-electron chi connectivity index (χ3n) is 7.49. The van der Waals surface area contributed by atoms with Crippen molar-refractivity contribution in [2.24, 2.45) is 0 Å². The van der Waals surface area contributed by atoms with Crippen LogP contribution >= 0.6 is 15.8 Å². The van der Waals surface area contributed by atoms with Crippen LogP contribution in [0.15, 0.2) is 121 Å². The fraction of sp³-hybridized carbons (Fsp3) is 0.265. The average Bonchev–Trinajstić information content (AvgIpc) is 3.32. The number of amides is 1. The molecule has 0 aromatic heterocycles. The van der Waals surface area contributed by atoms with Crippen molar-refractivity contribution >= 4 is 43.2 Å². The van der Waals surface area contributed by atoms with Crippen molar-refractivity contribution in [2.75, 3.05) is 13.2 Å². The van der Waals surface area contributed by atoms with Crippen molar-refractivity contribution in [1.29, 1.82) is 0 Å². The van der Waals surface area contributed by atoms with Crippen LogP contribution in [0.3, 0.4) is 0 Å². The average molecular weight is 554 g/mol. The summed E-state index contributed by atoms with van der Waals surface area (Å²) in [7, 11) is -1.56. The van der Waals surface area contributed by atoms with Gasteiger partial charge in [-0.05, 0) is 56.8 Å². The maximum absolute atomic E-state index is 13.9. The molecule has 0 spiro atoms. The summed E-state index contributed by atoms with van der Waals surface area (Å²) in [6.07, 6.45) is 2.62. The molecule has 1 aliphatic rings. The summed E-state index contributed by atoms with van der Waals surface area (Å²) in [6, 6.07) is 43.3. The number of unbranched alkanes of at least 4 members (excludes halogenated alkanes) is 1. The van der Waals surface area contributed by atoms with Crippen molar-refractivity contribution < 1.29 is 9.53 Å². The molecule has 1 heterocycles. The molecule has 39 heavy (non-hydrogen) atoms. The van der Waals surface area contributed by atoms with Gasteiger partial charge in [0, 0.05) is 12.2 Å². The number of nitrogens with zero attached hydrogens (tertiary/aromatic N) is 1. The summed E-state index contributed by atoms with van der Waals surface area (Å²) in [5.74, 6) is 0. The quantitative estimate of drug-likeness (QED) is 0.165. The fourth-order valence-electron chi connectivity index (χ4n) is 5.67. The zero-order chi connectivity index (χ0) is 27.1. The van der Waals surface area contributed by atoms with Gasteiger partial charge in [-0.25, -0.2) is 4.79 Å². The van der Waals surface area contributed by atoms with Gasteiger partial charge in [-0.3, -0.25) is 4.90 Å². The molecule has 2 atom stereocenters. The normalized spacial score (nSPS) is 19.0. The zero-order valence-electron chi connectivity index (χ0n) is 22.8. The highest BCUT2D eigenvalue weighted by Gasteiger charge is 2.53. The van der Waals surface area contributed by atoms with Crippen LogP contribution in [0, 0.1) is 0 Å². The molecule has 0 bridgehead atoms. The third-order valence-corrected chi connectivity index (χ3v) is 13.3. The van der Waals surface area contributed by atoms with Crippen LogP contribution in [0.4, 0.5) is 4.79 Å². The van der Waals surface area contributed by atoms with Crippen LogP contribution in [-0.2, 0) is 4.74 Å². The van der Waals surface area contributed by atoms with E-state index in [9.17, 15) is 4.79 Å². The minimum Gasteiger partial charge on any atom is -0.449 e. The fourth-order valence-corrected chi connectivity index (χ4v) is 12.0. The lowest BCUT2D eigenvalue weighted by molar-refractivity contribution is 0.0935. The van der Waals surface area contributed by atoms with Crippen molar-refractivity contribution in [3.63, 3.8) is 0 Å². The van der Waals surface area contributed by atoms with Crippen LogP contribution < -0.4 is 21.2 Å². The Kier molecular flexibility index (Phi) is 9.13. The molecule has 1 amide bonds. The first-order chi connectivity index (χ1) is 19.1. The van der Waals surface area contributed by atoms with Gasteiger partial charge in [0.15, 0.2) is 0 Å². The molecule has 1 fully saturated rings. The van der Waals surface area contributed by atoms with E-state index in [-0.39, 0.29) is 6.09 Å². The highest BCUT2D eigenvalue weighted by molar-refractivity contribution is 7.75. The van der Waals surface area contributed by atoms with Gasteiger partial charge in [-0.1, -0.05) is 135 Å². The minimum atomic E-state index is -0.878. The number of hydrogen-bond donors (Lipinski definition) is 0. The maximum atomic E-state index is 13.9. The lowest BCUT2D eigenvalue weighted by Gasteiger charge is -2.42. The van der Waals surface area contributed by atoms with Crippen molar-refractivity contribution in [3.05, 3.63) is 121 Å². The van der Waals surface area contributed by atoms with E-state index in [0.29, 0.717) is 18.8 Å². The standard InChI is InChI=1S/C34H37NO2P2/c1-3-4-25-37-33(36)35-27-32(38(28-17-9-5-10-18-28)29-19-11-6-12-20-29)26-34(35,2)39(30-21-13-7-14-22-30)31-23-15-8-16-24-31/h5-24,32H,3-4,25-27H2,1-2H3. The number of benzene rings is 4. The lowest BCUT2D eigenvalue weighted by Crippen LogP contribution is -2.47. The number of carbonyl (C=O) groups is 1. The predicted molar refractivity (Wildman–Crippen MR) is 168 cm³/mol. The van der Waals surface area contributed by atoms with E-state index in [1.165, 1.54) is 21.2 Å². The SMILES string of the molecule is CCCCOC(=O)N1CC(P(c2ccccc2)c2ccccc2)CC1(C)P(c1ccccc1)c1ccccc1. The second-order valence-electron chi connectivity index (χ2n) is 10.2. The Balaban J connectivity index is 1.61. The van der Waals surface area contributed by atoms with Gasteiger partial charge in [0.2, 0.25) is 0 Å². The van der Waals surface area contributed by atoms with Crippen molar-refractivity contribution in [3.8, 4) is 0 Å². The van der Waals surface area contributed by atoms with Gasteiger partial charge in [0.25, 0.3) is 0 Å². The van der Waals surface area contributed by atoms with Crippen LogP contribution in [0.2, 0.25) is 0 Å². The van der Waals surface area contributed by atoms with E-state index in [4.69, 9.17) is 4.74 Å². The summed E-state index contributed by atoms with van der Waals surface area (Å²) in [4.78, 5) is 16.0. The first-order valence-electron chi connectivity index (χ1n) is 13.9. The Morgan fingerprint density at radius 2 is 1.21 bits per heavy atom. The van der Waals surface area contributed by atoms with Gasteiger partial charge < -0.3 is 4.74 Å². The summed E-state index contributed by atoms with van der Waals surface area (Å²) < 4.78 is 5.93. The Labute approximate surface area is 235 Å². The largest absolute Gasteiger partial charge is 0.449 e. The molecule has 0 aliphatic carbocycles. The van der Waals surface area contributed by atoms with Crippen LogP contribution in [0.5, 0.6) is 0 Å². The van der Waals surface area contributed by atoms with E-state index in [1.807, 2.05) is 0 Å². The van der Waals surface area contributed by atoms with Gasteiger partial charge >= 0.3 is 6.09 Å². The number of carbonyl (C=O) groups excluding carboxylic acids is 1. The molecule has 3 nitrogen and oxygen atoms in total. The van der Waals surface area contributed by atoms with Crippen molar-refractivity contribution in [2.45, 2.75) is 44.0 Å². The molecule has 1 saturated heterocycles. The highest BCUT2D eigenvalue weighted by Crippen LogP contribution is 2.60. The molecular formula is C34H37NO2P2. The maximum Gasteiger partial charge on any atom is 0.410 e. The van der Waals surface area contributed by atoms with E-state index < -0.39 is 21.1 Å².